The molecule has 0 unspecified atom stereocenters. The van der Waals surface area contributed by atoms with E-state index in [9.17, 15) is 4.79 Å². The first-order valence-corrected chi connectivity index (χ1v) is 7.15. The average molecular weight is 285 g/mol. The van der Waals surface area contributed by atoms with Crippen LogP contribution < -0.4 is 10.6 Å². The van der Waals surface area contributed by atoms with Crippen molar-refractivity contribution in [2.45, 2.75) is 19.9 Å². The topological polar surface area (TPSA) is 64.9 Å². The lowest BCUT2D eigenvalue weighted by Crippen LogP contribution is -2.27. The van der Waals surface area contributed by atoms with Gasteiger partial charge in [0.15, 0.2) is 0 Å². The van der Waals surface area contributed by atoms with Crippen LogP contribution in [0.3, 0.4) is 0 Å². The number of benzene rings is 1. The van der Waals surface area contributed by atoms with Gasteiger partial charge in [0.1, 0.15) is 0 Å². The molecule has 0 fully saturated rings. The molecule has 1 aromatic carbocycles. The monoisotopic (exact) mass is 285 g/mol. The van der Waals surface area contributed by atoms with E-state index in [2.05, 4.69) is 23.6 Å². The van der Waals surface area contributed by atoms with Crippen LogP contribution >= 0.6 is 11.3 Å². The van der Waals surface area contributed by atoms with Gasteiger partial charge in [-0.1, -0.05) is 6.92 Å². The maximum atomic E-state index is 11.7. The molecule has 0 aliphatic rings. The van der Waals surface area contributed by atoms with Crippen LogP contribution in [0.25, 0.3) is 0 Å². The van der Waals surface area contributed by atoms with Gasteiger partial charge in [-0.3, -0.25) is 0 Å². The van der Waals surface area contributed by atoms with Crippen LogP contribution in [0.4, 0.5) is 10.5 Å². The fraction of sp³-hybridized carbons (Fsp3) is 0.200. The Labute approximate surface area is 122 Å². The number of nitrogens with zero attached hydrogens (tertiary/aromatic N) is 1. The van der Waals surface area contributed by atoms with Crippen molar-refractivity contribution in [1.29, 1.82) is 5.26 Å². The van der Waals surface area contributed by atoms with Crippen molar-refractivity contribution in [2.24, 2.45) is 0 Å². The Morgan fingerprint density at radius 3 is 2.50 bits per heavy atom. The number of anilines is 1. The van der Waals surface area contributed by atoms with Crippen LogP contribution in [0.5, 0.6) is 0 Å². The van der Waals surface area contributed by atoms with E-state index in [0.29, 0.717) is 17.8 Å². The highest BCUT2D eigenvalue weighted by molar-refractivity contribution is 7.11. The van der Waals surface area contributed by atoms with E-state index in [4.69, 9.17) is 5.26 Å². The molecule has 0 bridgehead atoms. The molecule has 5 heteroatoms. The van der Waals surface area contributed by atoms with E-state index < -0.39 is 0 Å². The number of hydrogen-bond acceptors (Lipinski definition) is 3. The zero-order valence-electron chi connectivity index (χ0n) is 11.1. The number of amides is 2. The van der Waals surface area contributed by atoms with Crippen LogP contribution in [0.2, 0.25) is 0 Å². The van der Waals surface area contributed by atoms with Gasteiger partial charge in [0, 0.05) is 15.4 Å². The van der Waals surface area contributed by atoms with E-state index in [1.165, 1.54) is 4.88 Å². The van der Waals surface area contributed by atoms with Crippen LogP contribution in [-0.4, -0.2) is 6.03 Å². The van der Waals surface area contributed by atoms with Gasteiger partial charge < -0.3 is 10.6 Å². The Kier molecular flexibility index (Phi) is 4.75. The molecule has 2 amide bonds. The number of thiophene rings is 1. The highest BCUT2D eigenvalue weighted by atomic mass is 32.1. The predicted octanol–water partition coefficient (Wildman–Crippen LogP) is 3.50. The van der Waals surface area contributed by atoms with Gasteiger partial charge in [0.05, 0.1) is 18.2 Å². The molecule has 0 atom stereocenters. The van der Waals surface area contributed by atoms with Crippen molar-refractivity contribution >= 4 is 23.1 Å². The summed E-state index contributed by atoms with van der Waals surface area (Å²) >= 11 is 1.71. The number of urea groups is 1. The van der Waals surface area contributed by atoms with Gasteiger partial charge in [0.25, 0.3) is 0 Å². The SMILES string of the molecule is CCc1ccc(CNC(=O)Nc2ccc(C#N)cc2)s1. The number of nitrogens with one attached hydrogen (secondary N) is 2. The minimum absolute atomic E-state index is 0.249. The predicted molar refractivity (Wildman–Crippen MR) is 80.7 cm³/mol. The standard InChI is InChI=1S/C15H15N3OS/c1-2-13-7-8-14(20-13)10-17-15(19)18-12-5-3-11(9-16)4-6-12/h3-8H,2,10H2,1H3,(H2,17,18,19). The van der Waals surface area contributed by atoms with Gasteiger partial charge in [-0.2, -0.15) is 5.26 Å². The molecule has 0 radical (unpaired) electrons. The van der Waals surface area contributed by atoms with E-state index in [1.54, 1.807) is 35.6 Å². The van der Waals surface area contributed by atoms with Crippen molar-refractivity contribution in [1.82, 2.24) is 5.32 Å². The lowest BCUT2D eigenvalue weighted by Gasteiger charge is -2.06. The van der Waals surface area contributed by atoms with Crippen LogP contribution in [-0.2, 0) is 13.0 Å². The first-order valence-electron chi connectivity index (χ1n) is 6.34. The summed E-state index contributed by atoms with van der Waals surface area (Å²) in [6.07, 6.45) is 1.02. The Morgan fingerprint density at radius 2 is 1.90 bits per heavy atom. The fourth-order valence-corrected chi connectivity index (χ4v) is 2.58. The largest absolute Gasteiger partial charge is 0.333 e. The van der Waals surface area contributed by atoms with Crippen molar-refractivity contribution in [3.05, 3.63) is 51.7 Å². The molecule has 2 N–H and O–H groups in total. The maximum absolute atomic E-state index is 11.7. The van der Waals surface area contributed by atoms with E-state index >= 15 is 0 Å². The Hall–Kier alpha value is -2.32. The number of carbonyl (C=O) groups is 1. The van der Waals surface area contributed by atoms with Crippen LogP contribution in [0, 0.1) is 11.3 Å². The summed E-state index contributed by atoms with van der Waals surface area (Å²) in [7, 11) is 0. The van der Waals surface area contributed by atoms with Crippen LogP contribution in [0.15, 0.2) is 36.4 Å². The molecule has 102 valence electrons. The third-order valence-corrected chi connectivity index (χ3v) is 3.99. The highest BCUT2D eigenvalue weighted by Crippen LogP contribution is 2.16. The molecule has 4 nitrogen and oxygen atoms in total. The Bertz CT molecular complexity index is 625. The van der Waals surface area contributed by atoms with Gasteiger partial charge in [-0.25, -0.2) is 4.79 Å². The van der Waals surface area contributed by atoms with Gasteiger partial charge in [-0.05, 0) is 42.8 Å². The Balaban J connectivity index is 1.84. The van der Waals surface area contributed by atoms with Gasteiger partial charge >= 0.3 is 6.03 Å². The number of aryl methyl sites for hydroxylation is 1. The summed E-state index contributed by atoms with van der Waals surface area (Å²) in [5, 5.41) is 14.2. The number of nitriles is 1. The van der Waals surface area contributed by atoms with Crippen molar-refractivity contribution in [3.8, 4) is 6.07 Å². The van der Waals surface area contributed by atoms with Gasteiger partial charge in [0.2, 0.25) is 0 Å². The summed E-state index contributed by atoms with van der Waals surface area (Å²) in [4.78, 5) is 14.2. The second-order valence-corrected chi connectivity index (χ2v) is 5.47. The minimum Gasteiger partial charge on any atom is -0.333 e. The third-order valence-electron chi connectivity index (χ3n) is 2.76. The first kappa shape index (κ1) is 14.1. The van der Waals surface area contributed by atoms with Crippen LogP contribution in [0.1, 0.15) is 22.2 Å². The number of rotatable bonds is 4. The second-order valence-electron chi connectivity index (χ2n) is 4.22. The van der Waals surface area contributed by atoms with Gasteiger partial charge in [-0.15, -0.1) is 11.3 Å². The van der Waals surface area contributed by atoms with E-state index in [1.807, 2.05) is 12.1 Å². The van der Waals surface area contributed by atoms with Crippen molar-refractivity contribution < 1.29 is 4.79 Å². The molecule has 0 saturated heterocycles. The quantitative estimate of drug-likeness (QED) is 0.903. The summed E-state index contributed by atoms with van der Waals surface area (Å²) in [6, 6.07) is 12.7. The summed E-state index contributed by atoms with van der Waals surface area (Å²) in [6.45, 7) is 2.63. The average Bonchev–Trinajstić information content (AvgIpc) is 2.94. The number of carbonyl (C=O) groups excluding carboxylic acids is 1. The zero-order chi connectivity index (χ0) is 14.4. The van der Waals surface area contributed by atoms with E-state index in [-0.39, 0.29) is 6.03 Å². The molecule has 2 rings (SSSR count). The zero-order valence-corrected chi connectivity index (χ0v) is 12.0. The molecule has 20 heavy (non-hydrogen) atoms. The van der Waals surface area contributed by atoms with Crippen molar-refractivity contribution in [2.75, 3.05) is 5.32 Å². The summed E-state index contributed by atoms with van der Waals surface area (Å²) in [5.74, 6) is 0. The lowest BCUT2D eigenvalue weighted by atomic mass is 10.2. The summed E-state index contributed by atoms with van der Waals surface area (Å²) < 4.78 is 0. The van der Waals surface area contributed by atoms with Crippen molar-refractivity contribution in [3.63, 3.8) is 0 Å². The fourth-order valence-electron chi connectivity index (χ4n) is 1.68. The molecule has 0 aliphatic heterocycles. The van der Waals surface area contributed by atoms with E-state index in [0.717, 1.165) is 11.3 Å². The molecule has 2 aromatic rings. The molecule has 0 aliphatic carbocycles. The molecule has 1 aromatic heterocycles. The highest BCUT2D eigenvalue weighted by Gasteiger charge is 2.03. The first-order chi connectivity index (χ1) is 9.71. The minimum atomic E-state index is -0.249. The molecule has 0 spiro atoms. The third kappa shape index (κ3) is 3.84. The normalized spacial score (nSPS) is 9.80. The molecule has 1 heterocycles. The lowest BCUT2D eigenvalue weighted by molar-refractivity contribution is 0.252. The maximum Gasteiger partial charge on any atom is 0.319 e. The summed E-state index contributed by atoms with van der Waals surface area (Å²) in [5.41, 5.74) is 1.24. The number of hydrogen-bond donors (Lipinski definition) is 2. The molecule has 0 saturated carbocycles. The second kappa shape index (κ2) is 6.73. The molecular formula is C15H15N3OS. The Morgan fingerprint density at radius 1 is 1.20 bits per heavy atom. The smallest absolute Gasteiger partial charge is 0.319 e. The molecular weight excluding hydrogens is 270 g/mol.